The Hall–Kier alpha value is -3.75. The Balaban J connectivity index is 1.60. The molecule has 0 spiro atoms. The van der Waals surface area contributed by atoms with Crippen molar-refractivity contribution in [3.8, 4) is 11.5 Å². The van der Waals surface area contributed by atoms with Crippen molar-refractivity contribution in [2.45, 2.75) is 26.5 Å². The van der Waals surface area contributed by atoms with Crippen LogP contribution in [0.25, 0.3) is 11.5 Å². The number of carbonyl (C=O) groups excluding carboxylic acids is 2. The number of benzene rings is 2. The molecule has 0 radical (unpaired) electrons. The zero-order chi connectivity index (χ0) is 21.0. The van der Waals surface area contributed by atoms with Crippen molar-refractivity contribution in [1.29, 1.82) is 0 Å². The minimum Gasteiger partial charge on any atom is -0.451 e. The van der Waals surface area contributed by atoms with Crippen LogP contribution in [0.15, 0.2) is 57.7 Å². The predicted molar refractivity (Wildman–Crippen MR) is 102 cm³/mol. The fourth-order valence-electron chi connectivity index (χ4n) is 2.43. The summed E-state index contributed by atoms with van der Waals surface area (Å²) in [6.45, 7) is 2.44. The number of hydrogen-bond acceptors (Lipinski definition) is 6. The average Bonchev–Trinajstić information content (AvgIpc) is 3.05. The van der Waals surface area contributed by atoms with Crippen molar-refractivity contribution in [1.82, 2.24) is 9.78 Å². The molecule has 1 N–H and O–H groups in total. The van der Waals surface area contributed by atoms with E-state index in [0.29, 0.717) is 11.1 Å². The molecule has 0 aliphatic heterocycles. The SMILES string of the molecule is Cc1ccc(NC(=O)[C@@H](C)OC(=O)Cn2nc(-c3ccccc3)oc2=O)cc1F. The highest BCUT2D eigenvalue weighted by molar-refractivity contribution is 5.95. The Labute approximate surface area is 164 Å². The number of aromatic nitrogens is 2. The van der Waals surface area contributed by atoms with Crippen LogP contribution in [0.1, 0.15) is 12.5 Å². The summed E-state index contributed by atoms with van der Waals surface area (Å²) in [5.74, 6) is -2.72. The van der Waals surface area contributed by atoms with Crippen LogP contribution in [0, 0.1) is 12.7 Å². The molecule has 1 atom stereocenters. The van der Waals surface area contributed by atoms with Gasteiger partial charge in [0.1, 0.15) is 12.4 Å². The van der Waals surface area contributed by atoms with Gasteiger partial charge in [-0.3, -0.25) is 9.59 Å². The summed E-state index contributed by atoms with van der Waals surface area (Å²) in [5.41, 5.74) is 1.26. The molecular weight excluding hydrogens is 381 g/mol. The van der Waals surface area contributed by atoms with Crippen LogP contribution < -0.4 is 11.1 Å². The highest BCUT2D eigenvalue weighted by Crippen LogP contribution is 2.15. The molecule has 150 valence electrons. The van der Waals surface area contributed by atoms with Gasteiger partial charge in [-0.05, 0) is 43.7 Å². The Morgan fingerprint density at radius 1 is 1.24 bits per heavy atom. The van der Waals surface area contributed by atoms with Crippen molar-refractivity contribution >= 4 is 17.6 Å². The Bertz CT molecular complexity index is 1090. The molecule has 0 saturated heterocycles. The minimum atomic E-state index is -1.16. The summed E-state index contributed by atoms with van der Waals surface area (Å²) >= 11 is 0. The minimum absolute atomic E-state index is 0.0654. The van der Waals surface area contributed by atoms with E-state index in [4.69, 9.17) is 9.15 Å². The first kappa shape index (κ1) is 20.0. The van der Waals surface area contributed by atoms with Crippen LogP contribution in [0.5, 0.6) is 0 Å². The molecule has 3 aromatic rings. The summed E-state index contributed by atoms with van der Waals surface area (Å²) in [6, 6.07) is 12.9. The van der Waals surface area contributed by atoms with E-state index in [1.807, 2.05) is 0 Å². The summed E-state index contributed by atoms with van der Waals surface area (Å²) in [7, 11) is 0. The number of esters is 1. The Morgan fingerprint density at radius 3 is 2.66 bits per heavy atom. The first-order valence-electron chi connectivity index (χ1n) is 8.73. The fraction of sp³-hybridized carbons (Fsp3) is 0.200. The molecule has 0 aliphatic rings. The maximum absolute atomic E-state index is 13.6. The normalized spacial score (nSPS) is 11.7. The van der Waals surface area contributed by atoms with Crippen molar-refractivity contribution in [3.63, 3.8) is 0 Å². The van der Waals surface area contributed by atoms with Crippen molar-refractivity contribution in [2.75, 3.05) is 5.32 Å². The number of carbonyl (C=O) groups is 2. The van der Waals surface area contributed by atoms with Gasteiger partial charge < -0.3 is 14.5 Å². The monoisotopic (exact) mass is 399 g/mol. The lowest BCUT2D eigenvalue weighted by molar-refractivity contribution is -0.154. The molecule has 0 saturated carbocycles. The highest BCUT2D eigenvalue weighted by Gasteiger charge is 2.20. The first-order chi connectivity index (χ1) is 13.8. The number of nitrogens with zero attached hydrogens (tertiary/aromatic N) is 2. The molecule has 2 aromatic carbocycles. The summed E-state index contributed by atoms with van der Waals surface area (Å²) < 4.78 is 24.4. The number of aryl methyl sites for hydroxylation is 1. The average molecular weight is 399 g/mol. The Morgan fingerprint density at radius 2 is 1.97 bits per heavy atom. The largest absolute Gasteiger partial charge is 0.451 e. The van der Waals surface area contributed by atoms with Gasteiger partial charge in [0, 0.05) is 11.3 Å². The van der Waals surface area contributed by atoms with Crippen molar-refractivity contribution in [3.05, 3.63) is 70.5 Å². The van der Waals surface area contributed by atoms with Gasteiger partial charge in [-0.2, -0.15) is 4.68 Å². The van der Waals surface area contributed by atoms with E-state index in [0.717, 1.165) is 4.68 Å². The van der Waals surface area contributed by atoms with E-state index in [9.17, 15) is 18.8 Å². The number of amides is 1. The maximum Gasteiger partial charge on any atom is 0.437 e. The van der Waals surface area contributed by atoms with Gasteiger partial charge in [0.05, 0.1) is 0 Å². The van der Waals surface area contributed by atoms with Crippen LogP contribution >= 0.6 is 0 Å². The van der Waals surface area contributed by atoms with E-state index in [-0.39, 0.29) is 11.6 Å². The van der Waals surface area contributed by atoms with Gasteiger partial charge in [0.25, 0.3) is 5.91 Å². The van der Waals surface area contributed by atoms with E-state index in [1.54, 1.807) is 37.3 Å². The zero-order valence-corrected chi connectivity index (χ0v) is 15.7. The lowest BCUT2D eigenvalue weighted by Crippen LogP contribution is -2.32. The van der Waals surface area contributed by atoms with Gasteiger partial charge in [-0.15, -0.1) is 5.10 Å². The topological polar surface area (TPSA) is 103 Å². The quantitative estimate of drug-likeness (QED) is 0.639. The number of rotatable bonds is 6. The standard InChI is InChI=1S/C20H18FN3O5/c1-12-8-9-15(10-16(12)21)22-18(26)13(2)28-17(25)11-24-20(27)29-19(23-24)14-6-4-3-5-7-14/h3-10,13H,11H2,1-2H3,(H,22,26)/t13-/m1/s1. The van der Waals surface area contributed by atoms with Gasteiger partial charge in [-0.1, -0.05) is 24.3 Å². The summed E-state index contributed by atoms with van der Waals surface area (Å²) in [4.78, 5) is 36.1. The van der Waals surface area contributed by atoms with E-state index in [2.05, 4.69) is 10.4 Å². The molecular formula is C20H18FN3O5. The number of ether oxygens (including phenoxy) is 1. The van der Waals surface area contributed by atoms with Crippen LogP contribution in [0.2, 0.25) is 0 Å². The predicted octanol–water partition coefficient (Wildman–Crippen LogP) is 2.52. The molecule has 0 unspecified atom stereocenters. The molecule has 0 bridgehead atoms. The second kappa shape index (κ2) is 8.51. The van der Waals surface area contributed by atoms with E-state index < -0.39 is 36.1 Å². The van der Waals surface area contributed by atoms with Gasteiger partial charge in [0.15, 0.2) is 6.10 Å². The third-order valence-electron chi connectivity index (χ3n) is 4.02. The number of halogens is 1. The molecule has 0 aliphatic carbocycles. The molecule has 1 amide bonds. The summed E-state index contributed by atoms with van der Waals surface area (Å²) in [6.07, 6.45) is -1.16. The molecule has 0 fully saturated rings. The molecule has 1 aromatic heterocycles. The second-order valence-corrected chi connectivity index (χ2v) is 6.28. The second-order valence-electron chi connectivity index (χ2n) is 6.28. The third kappa shape index (κ3) is 4.95. The van der Waals surface area contributed by atoms with Gasteiger partial charge >= 0.3 is 11.7 Å². The van der Waals surface area contributed by atoms with Crippen LogP contribution in [-0.2, 0) is 20.9 Å². The lowest BCUT2D eigenvalue weighted by Gasteiger charge is -2.13. The summed E-state index contributed by atoms with van der Waals surface area (Å²) in [5, 5.41) is 6.41. The maximum atomic E-state index is 13.6. The lowest BCUT2D eigenvalue weighted by atomic mass is 10.2. The van der Waals surface area contributed by atoms with Gasteiger partial charge in [0.2, 0.25) is 5.89 Å². The first-order valence-corrected chi connectivity index (χ1v) is 8.73. The van der Waals surface area contributed by atoms with Crippen molar-refractivity contribution < 1.29 is 23.1 Å². The number of anilines is 1. The number of nitrogens with one attached hydrogen (secondary N) is 1. The fourth-order valence-corrected chi connectivity index (χ4v) is 2.43. The van der Waals surface area contributed by atoms with E-state index >= 15 is 0 Å². The van der Waals surface area contributed by atoms with Gasteiger partial charge in [-0.25, -0.2) is 9.18 Å². The smallest absolute Gasteiger partial charge is 0.437 e. The molecule has 9 heteroatoms. The highest BCUT2D eigenvalue weighted by atomic mass is 19.1. The van der Waals surface area contributed by atoms with Crippen LogP contribution in [0.3, 0.4) is 0 Å². The molecule has 1 heterocycles. The molecule has 3 rings (SSSR count). The van der Waals surface area contributed by atoms with Crippen molar-refractivity contribution in [2.24, 2.45) is 0 Å². The third-order valence-corrected chi connectivity index (χ3v) is 4.02. The molecule has 8 nitrogen and oxygen atoms in total. The Kier molecular flexibility index (Phi) is 5.87. The van der Waals surface area contributed by atoms with E-state index in [1.165, 1.54) is 25.1 Å². The zero-order valence-electron chi connectivity index (χ0n) is 15.7. The van der Waals surface area contributed by atoms with Crippen LogP contribution in [0.4, 0.5) is 10.1 Å². The molecule has 29 heavy (non-hydrogen) atoms. The van der Waals surface area contributed by atoms with Crippen LogP contribution in [-0.4, -0.2) is 27.8 Å². The number of hydrogen-bond donors (Lipinski definition) is 1.